The minimum atomic E-state index is -0.314. The summed E-state index contributed by atoms with van der Waals surface area (Å²) in [4.78, 5) is 42.4. The number of anilines is 1. The number of nitrogens with one attached hydrogen (secondary N) is 2. The van der Waals surface area contributed by atoms with Crippen LogP contribution in [0.15, 0.2) is 28.7 Å². The molecule has 0 aromatic heterocycles. The largest absolute Gasteiger partial charge is 0.353 e. The fraction of sp³-hybridized carbons (Fsp3) is 0.571. The van der Waals surface area contributed by atoms with E-state index >= 15 is 0 Å². The fourth-order valence-electron chi connectivity index (χ4n) is 3.84. The summed E-state index contributed by atoms with van der Waals surface area (Å²) < 4.78 is 0.924. The van der Waals surface area contributed by atoms with Crippen molar-refractivity contribution >= 4 is 39.5 Å². The van der Waals surface area contributed by atoms with Crippen LogP contribution in [0, 0.1) is 0 Å². The third-order valence-corrected chi connectivity index (χ3v) is 6.23. The van der Waals surface area contributed by atoms with Crippen molar-refractivity contribution in [3.63, 3.8) is 0 Å². The number of carbonyl (C=O) groups is 3. The standard InChI is InChI=1S/C21H30BrN5O3/c1-16-4-2-3-10-25(16)11-9-23-19(28)14-26-12-13-27(15-20(26)29)21(30)24-18-7-5-17(22)6-8-18/h5-8,16H,2-4,9-15H2,1H3,(H,23,28)(H,24,30)/t16-/m1/s1. The highest BCUT2D eigenvalue weighted by Gasteiger charge is 2.28. The molecule has 0 spiro atoms. The molecule has 0 bridgehead atoms. The van der Waals surface area contributed by atoms with Gasteiger partial charge in [0.1, 0.15) is 6.54 Å². The van der Waals surface area contributed by atoms with Crippen LogP contribution in [0.4, 0.5) is 10.5 Å². The predicted molar refractivity (Wildman–Crippen MR) is 119 cm³/mol. The SMILES string of the molecule is C[C@@H]1CCCCN1CCNC(=O)CN1CCN(C(=O)Nc2ccc(Br)cc2)CC1=O. The summed E-state index contributed by atoms with van der Waals surface area (Å²) in [6, 6.07) is 7.50. The highest BCUT2D eigenvalue weighted by Crippen LogP contribution is 2.16. The molecule has 1 atom stereocenters. The summed E-state index contributed by atoms with van der Waals surface area (Å²) in [5.41, 5.74) is 0.667. The lowest BCUT2D eigenvalue weighted by Gasteiger charge is -2.34. The number of hydrogen-bond acceptors (Lipinski definition) is 4. The van der Waals surface area contributed by atoms with Crippen molar-refractivity contribution in [1.29, 1.82) is 0 Å². The Labute approximate surface area is 186 Å². The van der Waals surface area contributed by atoms with Gasteiger partial charge in [-0.1, -0.05) is 22.4 Å². The molecule has 4 amide bonds. The molecule has 2 saturated heterocycles. The van der Waals surface area contributed by atoms with Crippen molar-refractivity contribution < 1.29 is 14.4 Å². The molecular formula is C21H30BrN5O3. The zero-order chi connectivity index (χ0) is 21.5. The first-order valence-corrected chi connectivity index (χ1v) is 11.3. The van der Waals surface area contributed by atoms with Gasteiger partial charge < -0.3 is 20.4 Å². The number of likely N-dealkylation sites (tertiary alicyclic amines) is 1. The number of halogens is 1. The smallest absolute Gasteiger partial charge is 0.322 e. The molecule has 2 fully saturated rings. The molecule has 2 heterocycles. The van der Waals surface area contributed by atoms with Gasteiger partial charge in [0.15, 0.2) is 0 Å². The number of carbonyl (C=O) groups excluding carboxylic acids is 3. The van der Waals surface area contributed by atoms with Crippen LogP contribution in [0.3, 0.4) is 0 Å². The molecule has 0 unspecified atom stereocenters. The maximum Gasteiger partial charge on any atom is 0.322 e. The van der Waals surface area contributed by atoms with Crippen molar-refractivity contribution in [2.75, 3.05) is 51.1 Å². The molecule has 2 N–H and O–H groups in total. The minimum Gasteiger partial charge on any atom is -0.353 e. The van der Waals surface area contributed by atoms with Gasteiger partial charge in [0, 0.05) is 42.4 Å². The van der Waals surface area contributed by atoms with Crippen molar-refractivity contribution in [2.24, 2.45) is 0 Å². The minimum absolute atomic E-state index is 0.0269. The van der Waals surface area contributed by atoms with Crippen LogP contribution in [0.2, 0.25) is 0 Å². The molecule has 2 aliphatic heterocycles. The maximum absolute atomic E-state index is 12.4. The zero-order valence-electron chi connectivity index (χ0n) is 17.4. The molecule has 3 rings (SSSR count). The quantitative estimate of drug-likeness (QED) is 0.654. The third-order valence-electron chi connectivity index (χ3n) is 5.70. The molecule has 1 aromatic carbocycles. The molecule has 0 radical (unpaired) electrons. The number of nitrogens with zero attached hydrogens (tertiary/aromatic N) is 3. The van der Waals surface area contributed by atoms with E-state index in [4.69, 9.17) is 0 Å². The lowest BCUT2D eigenvalue weighted by Crippen LogP contribution is -2.55. The van der Waals surface area contributed by atoms with Crippen molar-refractivity contribution in [3.8, 4) is 0 Å². The number of amides is 4. The maximum atomic E-state index is 12.4. The Morgan fingerprint density at radius 2 is 1.90 bits per heavy atom. The first-order chi connectivity index (χ1) is 14.4. The van der Waals surface area contributed by atoms with Crippen LogP contribution in [-0.4, -0.2) is 84.4 Å². The van der Waals surface area contributed by atoms with E-state index in [1.54, 1.807) is 12.1 Å². The van der Waals surface area contributed by atoms with Crippen molar-refractivity contribution in [1.82, 2.24) is 20.0 Å². The number of piperazine rings is 1. The van der Waals surface area contributed by atoms with Crippen LogP contribution in [0.25, 0.3) is 0 Å². The van der Waals surface area contributed by atoms with Gasteiger partial charge in [-0.3, -0.25) is 14.5 Å². The summed E-state index contributed by atoms with van der Waals surface area (Å²) in [6.45, 7) is 5.50. The highest BCUT2D eigenvalue weighted by atomic mass is 79.9. The van der Waals surface area contributed by atoms with Crippen molar-refractivity contribution in [3.05, 3.63) is 28.7 Å². The number of rotatable bonds is 6. The Morgan fingerprint density at radius 3 is 2.60 bits per heavy atom. The van der Waals surface area contributed by atoms with Gasteiger partial charge >= 0.3 is 6.03 Å². The van der Waals surface area contributed by atoms with E-state index in [9.17, 15) is 14.4 Å². The summed E-state index contributed by atoms with van der Waals surface area (Å²) in [6.07, 6.45) is 3.70. The van der Waals surface area contributed by atoms with Crippen LogP contribution in [0.5, 0.6) is 0 Å². The van der Waals surface area contributed by atoms with Crippen LogP contribution < -0.4 is 10.6 Å². The molecular weight excluding hydrogens is 450 g/mol. The monoisotopic (exact) mass is 479 g/mol. The topological polar surface area (TPSA) is 85.0 Å². The lowest BCUT2D eigenvalue weighted by atomic mass is 10.0. The normalized spacial score (nSPS) is 20.2. The van der Waals surface area contributed by atoms with Gasteiger partial charge in [-0.15, -0.1) is 0 Å². The van der Waals surface area contributed by atoms with E-state index in [1.165, 1.54) is 29.1 Å². The first kappa shape index (κ1) is 22.6. The molecule has 30 heavy (non-hydrogen) atoms. The van der Waals surface area contributed by atoms with Crippen LogP contribution in [0.1, 0.15) is 26.2 Å². The second kappa shape index (κ2) is 10.8. The number of benzene rings is 1. The number of urea groups is 1. The molecule has 0 aliphatic carbocycles. The third kappa shape index (κ3) is 6.43. The van der Waals surface area contributed by atoms with E-state index < -0.39 is 0 Å². The van der Waals surface area contributed by atoms with E-state index in [1.807, 2.05) is 12.1 Å². The molecule has 0 saturated carbocycles. The van der Waals surface area contributed by atoms with E-state index in [-0.39, 0.29) is 30.9 Å². The average Bonchev–Trinajstić information content (AvgIpc) is 2.72. The van der Waals surface area contributed by atoms with Gasteiger partial charge in [-0.05, 0) is 50.6 Å². The Bertz CT molecular complexity index is 758. The average molecular weight is 480 g/mol. The number of hydrogen-bond donors (Lipinski definition) is 2. The van der Waals surface area contributed by atoms with E-state index in [2.05, 4.69) is 38.4 Å². The predicted octanol–water partition coefficient (Wildman–Crippen LogP) is 2.12. The summed E-state index contributed by atoms with van der Waals surface area (Å²) in [7, 11) is 0. The second-order valence-corrected chi connectivity index (χ2v) is 8.82. The molecule has 9 heteroatoms. The zero-order valence-corrected chi connectivity index (χ0v) is 19.0. The Balaban J connectivity index is 1.38. The van der Waals surface area contributed by atoms with E-state index in [0.717, 1.165) is 17.6 Å². The summed E-state index contributed by atoms with van der Waals surface area (Å²) >= 11 is 3.35. The van der Waals surface area contributed by atoms with Gasteiger partial charge in [-0.25, -0.2) is 4.79 Å². The Kier molecular flexibility index (Phi) is 8.09. The number of piperidine rings is 1. The Hall–Kier alpha value is -2.13. The first-order valence-electron chi connectivity index (χ1n) is 10.5. The molecule has 1 aromatic rings. The molecule has 8 nitrogen and oxygen atoms in total. The summed E-state index contributed by atoms with van der Waals surface area (Å²) in [5.74, 6) is -0.368. The van der Waals surface area contributed by atoms with Crippen LogP contribution >= 0.6 is 15.9 Å². The van der Waals surface area contributed by atoms with E-state index in [0.29, 0.717) is 31.4 Å². The van der Waals surface area contributed by atoms with Gasteiger partial charge in [0.25, 0.3) is 0 Å². The van der Waals surface area contributed by atoms with Crippen molar-refractivity contribution in [2.45, 2.75) is 32.2 Å². The Morgan fingerprint density at radius 1 is 1.13 bits per heavy atom. The lowest BCUT2D eigenvalue weighted by molar-refractivity contribution is -0.139. The summed E-state index contributed by atoms with van der Waals surface area (Å²) in [5, 5.41) is 5.71. The second-order valence-electron chi connectivity index (χ2n) is 7.90. The molecule has 164 valence electrons. The van der Waals surface area contributed by atoms with Gasteiger partial charge in [0.2, 0.25) is 11.8 Å². The van der Waals surface area contributed by atoms with Gasteiger partial charge in [0.05, 0.1) is 6.54 Å². The van der Waals surface area contributed by atoms with Crippen LogP contribution in [-0.2, 0) is 9.59 Å². The fourth-order valence-corrected chi connectivity index (χ4v) is 4.11. The highest BCUT2D eigenvalue weighted by molar-refractivity contribution is 9.10. The molecule has 2 aliphatic rings. The van der Waals surface area contributed by atoms with Gasteiger partial charge in [-0.2, -0.15) is 0 Å².